The standard InChI is InChI=1S/C19H16ClF3N4O2/c1-27-15(10-17(26-27)19(21,22)23)14-9-13(7-8-16(14)29-2)25-18(28)24-12-5-3-11(20)4-6-12/h3-10H,1-2H3,(H2,24,25,28). The number of carbonyl (C=O) groups is 1. The molecule has 0 bridgehead atoms. The van der Waals surface area contributed by atoms with Gasteiger partial charge in [-0.3, -0.25) is 4.68 Å². The Balaban J connectivity index is 1.86. The Labute approximate surface area is 169 Å². The van der Waals surface area contributed by atoms with Gasteiger partial charge in [0.25, 0.3) is 0 Å². The molecule has 2 aromatic carbocycles. The van der Waals surface area contributed by atoms with Crippen LogP contribution in [0.5, 0.6) is 5.75 Å². The zero-order valence-electron chi connectivity index (χ0n) is 15.3. The molecule has 0 saturated heterocycles. The molecule has 0 radical (unpaired) electrons. The van der Waals surface area contributed by atoms with Crippen molar-refractivity contribution in [2.24, 2.45) is 7.05 Å². The molecule has 3 rings (SSSR count). The lowest BCUT2D eigenvalue weighted by Crippen LogP contribution is -2.19. The average molecular weight is 425 g/mol. The van der Waals surface area contributed by atoms with Crippen LogP contribution in [0.3, 0.4) is 0 Å². The zero-order valence-corrected chi connectivity index (χ0v) is 16.1. The number of methoxy groups -OCH3 is 1. The Morgan fingerprint density at radius 1 is 1.07 bits per heavy atom. The Morgan fingerprint density at radius 2 is 1.69 bits per heavy atom. The van der Waals surface area contributed by atoms with Gasteiger partial charge < -0.3 is 15.4 Å². The quantitative estimate of drug-likeness (QED) is 0.588. The Bertz CT molecular complexity index is 1030. The number of nitrogens with one attached hydrogen (secondary N) is 2. The highest BCUT2D eigenvalue weighted by molar-refractivity contribution is 6.30. The number of amides is 2. The van der Waals surface area contributed by atoms with E-state index in [1.807, 2.05) is 0 Å². The number of anilines is 2. The van der Waals surface area contributed by atoms with Crippen molar-refractivity contribution in [1.29, 1.82) is 0 Å². The van der Waals surface area contributed by atoms with Crippen molar-refractivity contribution in [3.8, 4) is 17.0 Å². The molecule has 0 unspecified atom stereocenters. The predicted molar refractivity (Wildman–Crippen MR) is 104 cm³/mol. The van der Waals surface area contributed by atoms with Crippen molar-refractivity contribution >= 4 is 29.0 Å². The van der Waals surface area contributed by atoms with Crippen molar-refractivity contribution in [3.05, 3.63) is 59.2 Å². The molecule has 3 aromatic rings. The lowest BCUT2D eigenvalue weighted by Gasteiger charge is -2.12. The molecule has 0 atom stereocenters. The summed E-state index contributed by atoms with van der Waals surface area (Å²) in [7, 11) is 2.80. The van der Waals surface area contributed by atoms with Gasteiger partial charge in [-0.05, 0) is 48.5 Å². The largest absolute Gasteiger partial charge is 0.496 e. The monoisotopic (exact) mass is 424 g/mol. The highest BCUT2D eigenvalue weighted by Gasteiger charge is 2.35. The molecule has 1 heterocycles. The summed E-state index contributed by atoms with van der Waals surface area (Å²) in [6.45, 7) is 0. The first-order valence-corrected chi connectivity index (χ1v) is 8.68. The van der Waals surface area contributed by atoms with Crippen LogP contribution in [0.1, 0.15) is 5.69 Å². The molecular formula is C19H16ClF3N4O2. The molecule has 152 valence electrons. The first kappa shape index (κ1) is 20.5. The molecule has 0 saturated carbocycles. The van der Waals surface area contributed by atoms with Gasteiger partial charge in [-0.2, -0.15) is 18.3 Å². The average Bonchev–Trinajstić information content (AvgIpc) is 3.05. The van der Waals surface area contributed by atoms with Gasteiger partial charge in [0.15, 0.2) is 5.69 Å². The van der Waals surface area contributed by atoms with E-state index in [0.717, 1.165) is 10.7 Å². The number of rotatable bonds is 4. The highest BCUT2D eigenvalue weighted by Crippen LogP contribution is 2.36. The second kappa shape index (κ2) is 8.04. The van der Waals surface area contributed by atoms with E-state index < -0.39 is 17.9 Å². The number of aromatic nitrogens is 2. The lowest BCUT2D eigenvalue weighted by molar-refractivity contribution is -0.141. The van der Waals surface area contributed by atoms with Gasteiger partial charge in [0.05, 0.1) is 12.8 Å². The van der Waals surface area contributed by atoms with Gasteiger partial charge >= 0.3 is 12.2 Å². The van der Waals surface area contributed by atoms with Crippen LogP contribution in [0, 0.1) is 0 Å². The molecule has 0 fully saturated rings. The van der Waals surface area contributed by atoms with E-state index in [0.29, 0.717) is 27.7 Å². The zero-order chi connectivity index (χ0) is 21.2. The maximum absolute atomic E-state index is 13.0. The van der Waals surface area contributed by atoms with Crippen molar-refractivity contribution in [3.63, 3.8) is 0 Å². The van der Waals surface area contributed by atoms with Gasteiger partial charge in [-0.25, -0.2) is 4.79 Å². The summed E-state index contributed by atoms with van der Waals surface area (Å²) in [5.41, 5.74) is 0.415. The summed E-state index contributed by atoms with van der Waals surface area (Å²) in [5, 5.41) is 9.31. The normalized spacial score (nSPS) is 11.2. The molecular weight excluding hydrogens is 409 g/mol. The van der Waals surface area contributed by atoms with Crippen LogP contribution in [-0.4, -0.2) is 22.9 Å². The SMILES string of the molecule is COc1ccc(NC(=O)Nc2ccc(Cl)cc2)cc1-c1cc(C(F)(F)F)nn1C. The van der Waals surface area contributed by atoms with Gasteiger partial charge in [-0.15, -0.1) is 0 Å². The van der Waals surface area contributed by atoms with E-state index in [2.05, 4.69) is 15.7 Å². The number of ether oxygens (including phenoxy) is 1. The van der Waals surface area contributed by atoms with E-state index >= 15 is 0 Å². The van der Waals surface area contributed by atoms with Gasteiger partial charge in [0, 0.05) is 29.0 Å². The topological polar surface area (TPSA) is 68.2 Å². The lowest BCUT2D eigenvalue weighted by atomic mass is 10.1. The van der Waals surface area contributed by atoms with Crippen LogP contribution < -0.4 is 15.4 Å². The number of hydrogen-bond acceptors (Lipinski definition) is 3. The van der Waals surface area contributed by atoms with Crippen LogP contribution in [0.4, 0.5) is 29.3 Å². The van der Waals surface area contributed by atoms with Crippen molar-refractivity contribution < 1.29 is 22.7 Å². The summed E-state index contributed by atoms with van der Waals surface area (Å²) in [5.74, 6) is 0.338. The number of carbonyl (C=O) groups excluding carboxylic acids is 1. The molecule has 0 spiro atoms. The van der Waals surface area contributed by atoms with Gasteiger partial charge in [0.2, 0.25) is 0 Å². The van der Waals surface area contributed by atoms with Crippen LogP contribution in [0.25, 0.3) is 11.3 Å². The molecule has 10 heteroatoms. The number of alkyl halides is 3. The van der Waals surface area contributed by atoms with Crippen molar-refractivity contribution in [1.82, 2.24) is 9.78 Å². The summed E-state index contributed by atoms with van der Waals surface area (Å²) < 4.78 is 45.3. The van der Waals surface area contributed by atoms with Crippen LogP contribution in [0.2, 0.25) is 5.02 Å². The fourth-order valence-corrected chi connectivity index (χ4v) is 2.80. The van der Waals surface area contributed by atoms with Crippen LogP contribution in [-0.2, 0) is 13.2 Å². The number of nitrogens with zero attached hydrogens (tertiary/aromatic N) is 2. The van der Waals surface area contributed by atoms with Crippen LogP contribution in [0.15, 0.2) is 48.5 Å². The van der Waals surface area contributed by atoms with Crippen molar-refractivity contribution in [2.45, 2.75) is 6.18 Å². The first-order chi connectivity index (χ1) is 13.7. The summed E-state index contributed by atoms with van der Waals surface area (Å²) in [6, 6.07) is 11.6. The van der Waals surface area contributed by atoms with E-state index in [4.69, 9.17) is 16.3 Å². The summed E-state index contributed by atoms with van der Waals surface area (Å²) in [4.78, 5) is 12.2. The Morgan fingerprint density at radius 3 is 2.28 bits per heavy atom. The third kappa shape index (κ3) is 4.80. The highest BCUT2D eigenvalue weighted by atomic mass is 35.5. The third-order valence-corrected chi connectivity index (χ3v) is 4.26. The number of benzene rings is 2. The van der Waals surface area contributed by atoms with E-state index in [1.165, 1.54) is 20.2 Å². The first-order valence-electron chi connectivity index (χ1n) is 8.30. The smallest absolute Gasteiger partial charge is 0.435 e. The van der Waals surface area contributed by atoms with Crippen LogP contribution >= 0.6 is 11.6 Å². The molecule has 0 aliphatic heterocycles. The maximum atomic E-state index is 13.0. The number of urea groups is 1. The molecule has 2 amide bonds. The molecule has 1 aromatic heterocycles. The fraction of sp³-hybridized carbons (Fsp3) is 0.158. The van der Waals surface area contributed by atoms with E-state index in [9.17, 15) is 18.0 Å². The Kier molecular flexibility index (Phi) is 5.69. The van der Waals surface area contributed by atoms with E-state index in [1.54, 1.807) is 36.4 Å². The van der Waals surface area contributed by atoms with Crippen molar-refractivity contribution in [2.75, 3.05) is 17.7 Å². The minimum Gasteiger partial charge on any atom is -0.496 e. The predicted octanol–water partition coefficient (Wildman–Crippen LogP) is 5.41. The second-order valence-corrected chi connectivity index (χ2v) is 6.47. The fourth-order valence-electron chi connectivity index (χ4n) is 2.67. The maximum Gasteiger partial charge on any atom is 0.435 e. The number of halogens is 4. The second-order valence-electron chi connectivity index (χ2n) is 6.04. The summed E-state index contributed by atoms with van der Waals surface area (Å²) in [6.07, 6.45) is -4.57. The van der Waals surface area contributed by atoms with Gasteiger partial charge in [0.1, 0.15) is 5.75 Å². The molecule has 0 aliphatic rings. The Hall–Kier alpha value is -3.20. The molecule has 29 heavy (non-hydrogen) atoms. The summed E-state index contributed by atoms with van der Waals surface area (Å²) >= 11 is 5.81. The third-order valence-electron chi connectivity index (χ3n) is 4.01. The molecule has 6 nitrogen and oxygen atoms in total. The number of aryl methyl sites for hydroxylation is 1. The molecule has 2 N–H and O–H groups in total. The minimum absolute atomic E-state index is 0.191. The van der Waals surface area contributed by atoms with Gasteiger partial charge in [-0.1, -0.05) is 11.6 Å². The number of hydrogen-bond donors (Lipinski definition) is 2. The molecule has 0 aliphatic carbocycles. The minimum atomic E-state index is -4.57. The van der Waals surface area contributed by atoms with E-state index in [-0.39, 0.29) is 5.69 Å².